The Bertz CT molecular complexity index is 431. The molecule has 1 aromatic carbocycles. The predicted molar refractivity (Wildman–Crippen MR) is 80.4 cm³/mol. The molecule has 2 atom stereocenters. The van der Waals surface area contributed by atoms with E-state index in [0.717, 1.165) is 12.0 Å². The molecule has 0 saturated heterocycles. The van der Waals surface area contributed by atoms with Crippen LogP contribution in [0, 0.1) is 5.92 Å². The molecule has 0 aliphatic carbocycles. The Kier molecular flexibility index (Phi) is 6.11. The van der Waals surface area contributed by atoms with Crippen LogP contribution in [0.25, 0.3) is 0 Å². The van der Waals surface area contributed by atoms with Gasteiger partial charge in [-0.3, -0.25) is 4.79 Å². The SMILES string of the molecule is CCC(C)[C@H](N)C(=O)N(C)Cc1cc(Cl)cc(Cl)c1. The van der Waals surface area contributed by atoms with E-state index in [2.05, 4.69) is 0 Å². The first-order valence-corrected chi connectivity index (χ1v) is 7.06. The zero-order chi connectivity index (χ0) is 14.6. The average molecular weight is 303 g/mol. The van der Waals surface area contributed by atoms with Gasteiger partial charge in [-0.25, -0.2) is 0 Å². The minimum absolute atomic E-state index is 0.0644. The van der Waals surface area contributed by atoms with Gasteiger partial charge in [0.05, 0.1) is 6.04 Å². The van der Waals surface area contributed by atoms with E-state index in [1.165, 1.54) is 0 Å². The molecule has 0 aromatic heterocycles. The highest BCUT2D eigenvalue weighted by Gasteiger charge is 2.22. The maximum atomic E-state index is 12.2. The molecular weight excluding hydrogens is 283 g/mol. The van der Waals surface area contributed by atoms with E-state index in [0.29, 0.717) is 16.6 Å². The summed E-state index contributed by atoms with van der Waals surface area (Å²) in [5, 5.41) is 1.13. The summed E-state index contributed by atoms with van der Waals surface area (Å²) in [7, 11) is 1.74. The Morgan fingerprint density at radius 2 is 1.84 bits per heavy atom. The largest absolute Gasteiger partial charge is 0.340 e. The van der Waals surface area contributed by atoms with Crippen LogP contribution in [-0.4, -0.2) is 23.9 Å². The van der Waals surface area contributed by atoms with E-state index >= 15 is 0 Å². The molecule has 19 heavy (non-hydrogen) atoms. The molecule has 0 aliphatic rings. The van der Waals surface area contributed by atoms with Crippen LogP contribution in [0.4, 0.5) is 0 Å². The summed E-state index contributed by atoms with van der Waals surface area (Å²) < 4.78 is 0. The van der Waals surface area contributed by atoms with Crippen LogP contribution < -0.4 is 5.73 Å². The van der Waals surface area contributed by atoms with Gasteiger partial charge in [0.1, 0.15) is 0 Å². The van der Waals surface area contributed by atoms with Gasteiger partial charge in [0.2, 0.25) is 5.91 Å². The van der Waals surface area contributed by atoms with Crippen molar-refractivity contribution in [3.05, 3.63) is 33.8 Å². The first-order valence-electron chi connectivity index (χ1n) is 6.30. The van der Waals surface area contributed by atoms with Crippen molar-refractivity contribution in [3.63, 3.8) is 0 Å². The molecule has 1 rings (SSSR count). The van der Waals surface area contributed by atoms with Crippen LogP contribution in [0.3, 0.4) is 0 Å². The zero-order valence-electron chi connectivity index (χ0n) is 11.5. The number of likely N-dealkylation sites (N-methyl/N-ethyl adjacent to an activating group) is 1. The molecule has 0 saturated carbocycles. The number of carbonyl (C=O) groups excluding carboxylic acids is 1. The second-order valence-corrected chi connectivity index (χ2v) is 5.76. The summed E-state index contributed by atoms with van der Waals surface area (Å²) in [6.45, 7) is 4.45. The number of nitrogens with two attached hydrogens (primary N) is 1. The molecule has 1 aromatic rings. The molecule has 0 heterocycles. The molecule has 5 heteroatoms. The quantitative estimate of drug-likeness (QED) is 0.907. The average Bonchev–Trinajstić information content (AvgIpc) is 2.34. The predicted octanol–water partition coefficient (Wildman–Crippen LogP) is 3.33. The number of amides is 1. The van der Waals surface area contributed by atoms with Crippen molar-refractivity contribution in [2.75, 3.05) is 7.05 Å². The first-order chi connectivity index (χ1) is 8.85. The maximum absolute atomic E-state index is 12.2. The number of rotatable bonds is 5. The molecule has 0 bridgehead atoms. The Morgan fingerprint density at radius 1 is 1.32 bits per heavy atom. The van der Waals surface area contributed by atoms with E-state index in [4.69, 9.17) is 28.9 Å². The lowest BCUT2D eigenvalue weighted by atomic mass is 9.99. The molecule has 106 valence electrons. The van der Waals surface area contributed by atoms with Gasteiger partial charge in [-0.1, -0.05) is 43.5 Å². The lowest BCUT2D eigenvalue weighted by Gasteiger charge is -2.24. The molecule has 1 unspecified atom stereocenters. The van der Waals surface area contributed by atoms with Gasteiger partial charge in [-0.15, -0.1) is 0 Å². The molecule has 0 radical (unpaired) electrons. The van der Waals surface area contributed by atoms with E-state index in [1.54, 1.807) is 30.1 Å². The van der Waals surface area contributed by atoms with Crippen molar-refractivity contribution in [3.8, 4) is 0 Å². The molecule has 0 aliphatic heterocycles. The van der Waals surface area contributed by atoms with Gasteiger partial charge >= 0.3 is 0 Å². The number of hydrogen-bond donors (Lipinski definition) is 1. The van der Waals surface area contributed by atoms with Crippen LogP contribution in [0.15, 0.2) is 18.2 Å². The topological polar surface area (TPSA) is 46.3 Å². The normalized spacial score (nSPS) is 14.0. The Balaban J connectivity index is 2.73. The summed E-state index contributed by atoms with van der Waals surface area (Å²) in [5.41, 5.74) is 6.84. The number of benzene rings is 1. The second kappa shape index (κ2) is 7.13. The van der Waals surface area contributed by atoms with Crippen LogP contribution in [0.1, 0.15) is 25.8 Å². The third kappa shape index (κ3) is 4.68. The Hall–Kier alpha value is -0.770. The van der Waals surface area contributed by atoms with Gasteiger partial charge in [-0.2, -0.15) is 0 Å². The third-order valence-electron chi connectivity index (χ3n) is 3.26. The lowest BCUT2D eigenvalue weighted by molar-refractivity contribution is -0.132. The van der Waals surface area contributed by atoms with Crippen molar-refractivity contribution in [1.82, 2.24) is 4.90 Å². The second-order valence-electron chi connectivity index (χ2n) is 4.88. The smallest absolute Gasteiger partial charge is 0.239 e. The van der Waals surface area contributed by atoms with Crippen molar-refractivity contribution < 1.29 is 4.79 Å². The standard InChI is InChI=1S/C14H20Cl2N2O/c1-4-9(2)13(17)14(19)18(3)8-10-5-11(15)7-12(16)6-10/h5-7,9,13H,4,8,17H2,1-3H3/t9?,13-/m0/s1. The lowest BCUT2D eigenvalue weighted by Crippen LogP contribution is -2.45. The van der Waals surface area contributed by atoms with Crippen LogP contribution in [0.2, 0.25) is 10.0 Å². The van der Waals surface area contributed by atoms with E-state index < -0.39 is 6.04 Å². The maximum Gasteiger partial charge on any atom is 0.239 e. The molecule has 0 fully saturated rings. The summed E-state index contributed by atoms with van der Waals surface area (Å²) in [4.78, 5) is 13.8. The fourth-order valence-electron chi connectivity index (χ4n) is 1.81. The van der Waals surface area contributed by atoms with Crippen molar-refractivity contribution >= 4 is 29.1 Å². The fraction of sp³-hybridized carbons (Fsp3) is 0.500. The van der Waals surface area contributed by atoms with Gasteiger partial charge in [0, 0.05) is 23.6 Å². The minimum Gasteiger partial charge on any atom is -0.340 e. The Labute approximate surface area is 124 Å². The van der Waals surface area contributed by atoms with Crippen molar-refractivity contribution in [1.29, 1.82) is 0 Å². The van der Waals surface area contributed by atoms with Crippen LogP contribution >= 0.6 is 23.2 Å². The van der Waals surface area contributed by atoms with Gasteiger partial charge in [0.25, 0.3) is 0 Å². The molecule has 1 amide bonds. The van der Waals surface area contributed by atoms with Gasteiger partial charge in [-0.05, 0) is 29.7 Å². The Morgan fingerprint density at radius 3 is 2.32 bits per heavy atom. The van der Waals surface area contributed by atoms with E-state index in [9.17, 15) is 4.79 Å². The van der Waals surface area contributed by atoms with E-state index in [-0.39, 0.29) is 11.8 Å². The minimum atomic E-state index is -0.468. The van der Waals surface area contributed by atoms with Crippen LogP contribution in [-0.2, 0) is 11.3 Å². The highest BCUT2D eigenvalue weighted by molar-refractivity contribution is 6.34. The molecular formula is C14H20Cl2N2O. The molecule has 0 spiro atoms. The first kappa shape index (κ1) is 16.3. The fourth-order valence-corrected chi connectivity index (χ4v) is 2.38. The highest BCUT2D eigenvalue weighted by Crippen LogP contribution is 2.20. The summed E-state index contributed by atoms with van der Waals surface area (Å²) >= 11 is 11.9. The number of carbonyl (C=O) groups is 1. The van der Waals surface area contributed by atoms with Crippen molar-refractivity contribution in [2.45, 2.75) is 32.9 Å². The monoisotopic (exact) mass is 302 g/mol. The van der Waals surface area contributed by atoms with Crippen LogP contribution in [0.5, 0.6) is 0 Å². The number of nitrogens with zero attached hydrogens (tertiary/aromatic N) is 1. The number of hydrogen-bond acceptors (Lipinski definition) is 2. The van der Waals surface area contributed by atoms with Gasteiger partial charge < -0.3 is 10.6 Å². The number of halogens is 2. The summed E-state index contributed by atoms with van der Waals surface area (Å²) in [5.74, 6) is 0.100. The molecule has 3 nitrogen and oxygen atoms in total. The highest BCUT2D eigenvalue weighted by atomic mass is 35.5. The van der Waals surface area contributed by atoms with Crippen molar-refractivity contribution in [2.24, 2.45) is 11.7 Å². The summed E-state index contributed by atoms with van der Waals surface area (Å²) in [6.07, 6.45) is 0.879. The zero-order valence-corrected chi connectivity index (χ0v) is 13.0. The third-order valence-corrected chi connectivity index (χ3v) is 3.70. The van der Waals surface area contributed by atoms with E-state index in [1.807, 2.05) is 13.8 Å². The molecule has 2 N–H and O–H groups in total. The summed E-state index contributed by atoms with van der Waals surface area (Å²) in [6, 6.07) is 4.79. The van der Waals surface area contributed by atoms with Gasteiger partial charge in [0.15, 0.2) is 0 Å².